The molecule has 5 rings (SSSR count). The maximum absolute atomic E-state index is 13.9. The van der Waals surface area contributed by atoms with Crippen LogP contribution >= 0.6 is 0 Å². The molecule has 1 N–H and O–H groups in total. The number of hydrogen-bond donors (Lipinski definition) is 1. The molecule has 0 radical (unpaired) electrons. The summed E-state index contributed by atoms with van der Waals surface area (Å²) >= 11 is 0. The van der Waals surface area contributed by atoms with Gasteiger partial charge in [0, 0.05) is 24.0 Å². The second kappa shape index (κ2) is 11.3. The van der Waals surface area contributed by atoms with Crippen molar-refractivity contribution in [2.24, 2.45) is 5.41 Å². The molecule has 0 bridgehead atoms. The van der Waals surface area contributed by atoms with Gasteiger partial charge in [0.1, 0.15) is 17.3 Å². The number of nitrogens with zero attached hydrogens (tertiary/aromatic N) is 3. The molecule has 10 heteroatoms. The number of hydrogen-bond acceptors (Lipinski definition) is 6. The number of rotatable bonds is 7. The molecular formula is C30H35FN4O4S. The van der Waals surface area contributed by atoms with E-state index in [0.717, 1.165) is 31.7 Å². The molecule has 2 aromatic carbocycles. The van der Waals surface area contributed by atoms with Crippen LogP contribution in [-0.4, -0.2) is 60.2 Å². The van der Waals surface area contributed by atoms with Gasteiger partial charge in [0.05, 0.1) is 17.6 Å². The summed E-state index contributed by atoms with van der Waals surface area (Å²) in [6.07, 6.45) is 6.55. The van der Waals surface area contributed by atoms with E-state index in [1.54, 1.807) is 47.0 Å². The van der Waals surface area contributed by atoms with E-state index in [2.05, 4.69) is 15.2 Å². The fraction of sp³-hybridized carbons (Fsp3) is 0.400. The van der Waals surface area contributed by atoms with Crippen molar-refractivity contribution in [3.63, 3.8) is 0 Å². The van der Waals surface area contributed by atoms with Crippen LogP contribution in [0.5, 0.6) is 11.5 Å². The molecule has 1 amide bonds. The van der Waals surface area contributed by atoms with Crippen LogP contribution in [-0.2, 0) is 14.8 Å². The van der Waals surface area contributed by atoms with E-state index in [1.165, 1.54) is 18.2 Å². The Bertz CT molecular complexity index is 1440. The van der Waals surface area contributed by atoms with Gasteiger partial charge >= 0.3 is 0 Å². The molecule has 3 aromatic rings. The van der Waals surface area contributed by atoms with Gasteiger partial charge < -0.3 is 10.1 Å². The number of amides is 1. The van der Waals surface area contributed by atoms with E-state index in [9.17, 15) is 17.6 Å². The quantitative estimate of drug-likeness (QED) is 0.418. The number of pyridine rings is 1. The standard InChI is InChI=1S/C30H35FN4O4S/c1-29(2)12-13-30(22-35(29)40(37,38)27-7-3-5-23(31)19-27)14-17-34(18-15-30)21-28(36)33-24-8-10-25(11-9-24)39-26-6-4-16-32-20-26/h3-11,16,19-20H,12-15,17-18,21-22H2,1-2H3,(H,33,36). The van der Waals surface area contributed by atoms with Gasteiger partial charge in [0.2, 0.25) is 15.9 Å². The number of nitrogens with one attached hydrogen (secondary N) is 1. The van der Waals surface area contributed by atoms with E-state index in [4.69, 9.17) is 4.74 Å². The molecule has 1 spiro atoms. The van der Waals surface area contributed by atoms with Crippen LogP contribution < -0.4 is 10.1 Å². The fourth-order valence-electron chi connectivity index (χ4n) is 5.61. The number of likely N-dealkylation sites (tertiary alicyclic amines) is 1. The molecule has 2 fully saturated rings. The number of ether oxygens (including phenoxy) is 1. The van der Waals surface area contributed by atoms with Crippen molar-refractivity contribution in [3.8, 4) is 11.5 Å². The molecule has 2 aliphatic rings. The zero-order valence-corrected chi connectivity index (χ0v) is 23.7. The van der Waals surface area contributed by atoms with E-state index in [1.807, 2.05) is 19.9 Å². The lowest BCUT2D eigenvalue weighted by molar-refractivity contribution is -0.118. The molecule has 0 unspecified atom stereocenters. The molecule has 0 saturated carbocycles. The topological polar surface area (TPSA) is 91.8 Å². The minimum atomic E-state index is -3.85. The summed E-state index contributed by atoms with van der Waals surface area (Å²) in [4.78, 5) is 18.9. The molecule has 1 aromatic heterocycles. The first-order valence-electron chi connectivity index (χ1n) is 13.5. The largest absolute Gasteiger partial charge is 0.456 e. The number of carbonyl (C=O) groups excluding carboxylic acids is 1. The van der Waals surface area contributed by atoms with E-state index >= 15 is 0 Å². The summed E-state index contributed by atoms with van der Waals surface area (Å²) in [5.41, 5.74) is -0.0383. The van der Waals surface area contributed by atoms with Gasteiger partial charge in [-0.05, 0) is 113 Å². The van der Waals surface area contributed by atoms with Gasteiger partial charge in [-0.3, -0.25) is 14.7 Å². The highest BCUT2D eigenvalue weighted by Gasteiger charge is 2.49. The van der Waals surface area contributed by atoms with Gasteiger partial charge in [0.15, 0.2) is 0 Å². The van der Waals surface area contributed by atoms with Crippen LogP contribution in [0, 0.1) is 11.2 Å². The monoisotopic (exact) mass is 566 g/mol. The normalized spacial score (nSPS) is 19.3. The Hall–Kier alpha value is -3.34. The van der Waals surface area contributed by atoms with Crippen molar-refractivity contribution in [3.05, 3.63) is 78.9 Å². The molecule has 0 atom stereocenters. The Morgan fingerprint density at radius 3 is 2.42 bits per heavy atom. The molecule has 2 saturated heterocycles. The van der Waals surface area contributed by atoms with Gasteiger partial charge in [0.25, 0.3) is 0 Å². The van der Waals surface area contributed by atoms with Crippen molar-refractivity contribution >= 4 is 21.6 Å². The maximum atomic E-state index is 13.9. The van der Waals surface area contributed by atoms with Gasteiger partial charge in [-0.25, -0.2) is 12.8 Å². The van der Waals surface area contributed by atoms with E-state index in [0.29, 0.717) is 36.8 Å². The van der Waals surface area contributed by atoms with Crippen molar-refractivity contribution < 1.29 is 22.3 Å². The smallest absolute Gasteiger partial charge is 0.243 e. The lowest BCUT2D eigenvalue weighted by atomic mass is 9.69. The third kappa shape index (κ3) is 6.35. The number of carbonyl (C=O) groups is 1. The molecule has 212 valence electrons. The molecule has 40 heavy (non-hydrogen) atoms. The second-order valence-corrected chi connectivity index (χ2v) is 13.3. The summed E-state index contributed by atoms with van der Waals surface area (Å²) in [5.74, 6) is 0.623. The van der Waals surface area contributed by atoms with E-state index < -0.39 is 21.4 Å². The van der Waals surface area contributed by atoms with Gasteiger partial charge in [-0.15, -0.1) is 0 Å². The summed E-state index contributed by atoms with van der Waals surface area (Å²) in [7, 11) is -3.85. The summed E-state index contributed by atoms with van der Waals surface area (Å²) in [5, 5.41) is 2.95. The zero-order valence-electron chi connectivity index (χ0n) is 22.8. The van der Waals surface area contributed by atoms with Crippen LogP contribution in [0.4, 0.5) is 10.1 Å². The van der Waals surface area contributed by atoms with Crippen LogP contribution in [0.1, 0.15) is 39.5 Å². The predicted octanol–water partition coefficient (Wildman–Crippen LogP) is 5.30. The molecule has 2 aliphatic heterocycles. The van der Waals surface area contributed by atoms with Crippen LogP contribution in [0.15, 0.2) is 78.0 Å². The Labute approximate surface area is 235 Å². The number of sulfonamides is 1. The Balaban J connectivity index is 1.16. The van der Waals surface area contributed by atoms with Crippen LogP contribution in [0.2, 0.25) is 0 Å². The average Bonchev–Trinajstić information content (AvgIpc) is 2.93. The van der Waals surface area contributed by atoms with Gasteiger partial charge in [-0.1, -0.05) is 6.07 Å². The summed E-state index contributed by atoms with van der Waals surface area (Å²) in [6.45, 7) is 5.95. The fourth-order valence-corrected chi connectivity index (χ4v) is 7.56. The summed E-state index contributed by atoms with van der Waals surface area (Å²) in [6, 6.07) is 16.0. The number of halogens is 1. The summed E-state index contributed by atoms with van der Waals surface area (Å²) < 4.78 is 48.3. The Morgan fingerprint density at radius 2 is 1.75 bits per heavy atom. The first-order valence-corrected chi connectivity index (χ1v) is 15.0. The highest BCUT2D eigenvalue weighted by Crippen LogP contribution is 2.46. The van der Waals surface area contributed by atoms with E-state index in [-0.39, 0.29) is 22.8 Å². The second-order valence-electron chi connectivity index (χ2n) is 11.4. The number of anilines is 1. The average molecular weight is 567 g/mol. The molecule has 0 aliphatic carbocycles. The zero-order chi connectivity index (χ0) is 28.4. The predicted molar refractivity (Wildman–Crippen MR) is 151 cm³/mol. The lowest BCUT2D eigenvalue weighted by Gasteiger charge is -2.53. The molecular weight excluding hydrogens is 531 g/mol. The van der Waals surface area contributed by atoms with Crippen molar-refractivity contribution in [2.75, 3.05) is 31.5 Å². The highest BCUT2D eigenvalue weighted by molar-refractivity contribution is 7.89. The molecule has 3 heterocycles. The minimum Gasteiger partial charge on any atom is -0.456 e. The lowest BCUT2D eigenvalue weighted by Crippen LogP contribution is -2.59. The van der Waals surface area contributed by atoms with Crippen LogP contribution in [0.25, 0.3) is 0 Å². The SMILES string of the molecule is CC1(C)CCC2(CCN(CC(=O)Nc3ccc(Oc4cccnc4)cc3)CC2)CN1S(=O)(=O)c1cccc(F)c1. The third-order valence-corrected chi connectivity index (χ3v) is 10.2. The Kier molecular flexibility index (Phi) is 7.94. The number of piperidine rings is 2. The molecule has 8 nitrogen and oxygen atoms in total. The minimum absolute atomic E-state index is 0.0107. The van der Waals surface area contributed by atoms with Crippen molar-refractivity contribution in [1.29, 1.82) is 0 Å². The van der Waals surface area contributed by atoms with Crippen LogP contribution in [0.3, 0.4) is 0 Å². The Morgan fingerprint density at radius 1 is 1.00 bits per heavy atom. The maximum Gasteiger partial charge on any atom is 0.243 e. The number of benzene rings is 2. The van der Waals surface area contributed by atoms with Gasteiger partial charge in [-0.2, -0.15) is 4.31 Å². The highest BCUT2D eigenvalue weighted by atomic mass is 32.2. The van der Waals surface area contributed by atoms with Crippen molar-refractivity contribution in [1.82, 2.24) is 14.2 Å². The number of aromatic nitrogens is 1. The van der Waals surface area contributed by atoms with Crippen molar-refractivity contribution in [2.45, 2.75) is 50.0 Å². The first kappa shape index (κ1) is 28.2. The third-order valence-electron chi connectivity index (χ3n) is 8.10. The first-order chi connectivity index (χ1) is 19.0.